The highest BCUT2D eigenvalue weighted by Gasteiger charge is 2.13. The summed E-state index contributed by atoms with van der Waals surface area (Å²) in [4.78, 5) is 12.4. The van der Waals surface area contributed by atoms with Crippen molar-refractivity contribution in [2.45, 2.75) is 0 Å². The van der Waals surface area contributed by atoms with Gasteiger partial charge in [0, 0.05) is 18.2 Å². The van der Waals surface area contributed by atoms with Crippen molar-refractivity contribution in [3.8, 4) is 28.7 Å². The van der Waals surface area contributed by atoms with Gasteiger partial charge in [0.05, 0.1) is 46.3 Å². The summed E-state index contributed by atoms with van der Waals surface area (Å²) in [7, 11) is 7.55. The average Bonchev–Trinajstić information content (AvgIpc) is 2.72. The van der Waals surface area contributed by atoms with E-state index >= 15 is 0 Å². The number of nitrogens with one attached hydrogen (secondary N) is 1. The topological polar surface area (TPSA) is 75.3 Å². The van der Waals surface area contributed by atoms with Gasteiger partial charge in [-0.1, -0.05) is 11.6 Å². The number of hydrogen-bond donors (Lipinski definition) is 1. The lowest BCUT2D eigenvalue weighted by molar-refractivity contribution is -0.111. The maximum Gasteiger partial charge on any atom is 0.248 e. The molecule has 0 saturated carbocycles. The second-order valence-electron chi connectivity index (χ2n) is 5.47. The SMILES string of the molecule is COc1cc(NC(=O)/C=C/c2cc(OC)c(OC)c(OC)c2)c(OC)cc1Cl. The monoisotopic (exact) mass is 407 g/mol. The quantitative estimate of drug-likeness (QED) is 0.666. The van der Waals surface area contributed by atoms with Gasteiger partial charge in [-0.05, 0) is 23.8 Å². The third-order valence-corrected chi connectivity index (χ3v) is 4.14. The molecule has 28 heavy (non-hydrogen) atoms. The number of carbonyl (C=O) groups excluding carboxylic acids is 1. The number of rotatable bonds is 8. The van der Waals surface area contributed by atoms with Gasteiger partial charge in [-0.15, -0.1) is 0 Å². The summed E-state index contributed by atoms with van der Waals surface area (Å²) in [6, 6.07) is 6.62. The van der Waals surface area contributed by atoms with Crippen molar-refractivity contribution in [1.29, 1.82) is 0 Å². The molecule has 0 heterocycles. The molecule has 0 fully saturated rings. The molecule has 2 aromatic rings. The molecule has 0 spiro atoms. The molecule has 7 nitrogen and oxygen atoms in total. The largest absolute Gasteiger partial charge is 0.495 e. The maximum atomic E-state index is 12.4. The predicted octanol–water partition coefficient (Wildman–Crippen LogP) is 4.03. The van der Waals surface area contributed by atoms with Crippen molar-refractivity contribution in [2.24, 2.45) is 0 Å². The number of anilines is 1. The molecule has 2 rings (SSSR count). The van der Waals surface area contributed by atoms with E-state index in [0.717, 1.165) is 0 Å². The van der Waals surface area contributed by atoms with Gasteiger partial charge in [-0.2, -0.15) is 0 Å². The third kappa shape index (κ3) is 4.80. The minimum Gasteiger partial charge on any atom is -0.495 e. The van der Waals surface area contributed by atoms with Gasteiger partial charge >= 0.3 is 0 Å². The zero-order valence-corrected chi connectivity index (χ0v) is 17.0. The van der Waals surface area contributed by atoms with Gasteiger partial charge in [0.15, 0.2) is 11.5 Å². The van der Waals surface area contributed by atoms with Crippen LogP contribution in [0, 0.1) is 0 Å². The van der Waals surface area contributed by atoms with E-state index in [4.69, 9.17) is 35.3 Å². The second-order valence-corrected chi connectivity index (χ2v) is 5.88. The first-order chi connectivity index (χ1) is 13.5. The maximum absolute atomic E-state index is 12.4. The minimum atomic E-state index is -0.364. The standard InChI is InChI=1S/C20H22ClNO6/c1-24-15-11-14(16(25-2)10-13(15)21)22-19(23)7-6-12-8-17(26-3)20(28-5)18(9-12)27-4/h6-11H,1-5H3,(H,22,23)/b7-6+. The van der Waals surface area contributed by atoms with Crippen LogP contribution in [0.25, 0.3) is 6.08 Å². The first kappa shape index (κ1) is 21.2. The van der Waals surface area contributed by atoms with Crippen molar-refractivity contribution in [1.82, 2.24) is 0 Å². The number of hydrogen-bond acceptors (Lipinski definition) is 6. The van der Waals surface area contributed by atoms with E-state index in [1.54, 1.807) is 30.3 Å². The molecule has 0 aliphatic rings. The Bertz CT molecular complexity index is 856. The number of halogens is 1. The Hall–Kier alpha value is -3.06. The van der Waals surface area contributed by atoms with Crippen molar-refractivity contribution in [3.63, 3.8) is 0 Å². The smallest absolute Gasteiger partial charge is 0.248 e. The van der Waals surface area contributed by atoms with Gasteiger partial charge in [0.25, 0.3) is 0 Å². The Kier molecular flexibility index (Phi) is 7.40. The van der Waals surface area contributed by atoms with Crippen molar-refractivity contribution < 1.29 is 28.5 Å². The summed E-state index contributed by atoms with van der Waals surface area (Å²) in [5.41, 5.74) is 1.13. The van der Waals surface area contributed by atoms with Crippen molar-refractivity contribution >= 4 is 29.3 Å². The molecule has 150 valence electrons. The van der Waals surface area contributed by atoms with Crippen LogP contribution in [0.3, 0.4) is 0 Å². The fourth-order valence-electron chi connectivity index (χ4n) is 2.50. The summed E-state index contributed by atoms with van der Waals surface area (Å²) in [6.07, 6.45) is 3.00. The molecule has 0 aliphatic heterocycles. The molecule has 0 saturated heterocycles. The predicted molar refractivity (Wildman–Crippen MR) is 108 cm³/mol. The van der Waals surface area contributed by atoms with Crippen molar-refractivity contribution in [2.75, 3.05) is 40.9 Å². The molecule has 1 amide bonds. The van der Waals surface area contributed by atoms with E-state index in [1.807, 2.05) is 0 Å². The number of carbonyl (C=O) groups is 1. The lowest BCUT2D eigenvalue weighted by Crippen LogP contribution is -2.09. The number of methoxy groups -OCH3 is 5. The number of benzene rings is 2. The van der Waals surface area contributed by atoms with Gasteiger partial charge in [-0.3, -0.25) is 4.79 Å². The van der Waals surface area contributed by atoms with Crippen LogP contribution >= 0.6 is 11.6 Å². The highest BCUT2D eigenvalue weighted by atomic mass is 35.5. The van der Waals surface area contributed by atoms with Crippen LogP contribution in [0.15, 0.2) is 30.3 Å². The first-order valence-corrected chi connectivity index (χ1v) is 8.55. The summed E-state index contributed by atoms with van der Waals surface area (Å²) < 4.78 is 26.3. The van der Waals surface area contributed by atoms with E-state index in [9.17, 15) is 4.79 Å². The lowest BCUT2D eigenvalue weighted by Gasteiger charge is -2.13. The minimum absolute atomic E-state index is 0.364. The van der Waals surface area contributed by atoms with Crippen LogP contribution < -0.4 is 29.0 Å². The summed E-state index contributed by atoms with van der Waals surface area (Å²) >= 11 is 6.07. The molecule has 0 atom stereocenters. The van der Waals surface area contributed by atoms with Crippen LogP contribution in [0.2, 0.25) is 5.02 Å². The lowest BCUT2D eigenvalue weighted by atomic mass is 10.1. The van der Waals surface area contributed by atoms with Crippen LogP contribution in [-0.2, 0) is 4.79 Å². The summed E-state index contributed by atoms with van der Waals surface area (Å²) in [5, 5.41) is 3.12. The molecule has 0 aromatic heterocycles. The average molecular weight is 408 g/mol. The zero-order valence-electron chi connectivity index (χ0n) is 16.3. The van der Waals surface area contributed by atoms with E-state index in [2.05, 4.69) is 5.32 Å². The van der Waals surface area contributed by atoms with Crippen LogP contribution in [0.5, 0.6) is 28.7 Å². The van der Waals surface area contributed by atoms with Crippen LogP contribution in [0.1, 0.15) is 5.56 Å². The van der Waals surface area contributed by atoms with Gasteiger partial charge in [-0.25, -0.2) is 0 Å². The van der Waals surface area contributed by atoms with E-state index in [0.29, 0.717) is 45.0 Å². The zero-order chi connectivity index (χ0) is 20.7. The molecule has 0 bridgehead atoms. The van der Waals surface area contributed by atoms with Crippen LogP contribution in [0.4, 0.5) is 5.69 Å². The number of amides is 1. The molecule has 1 N–H and O–H groups in total. The summed E-state index contributed by atoms with van der Waals surface area (Å²) in [5.74, 6) is 1.93. The van der Waals surface area contributed by atoms with Gasteiger partial charge in [0.2, 0.25) is 11.7 Å². The third-order valence-electron chi connectivity index (χ3n) is 3.85. The molecule has 8 heteroatoms. The Morgan fingerprint density at radius 3 is 1.89 bits per heavy atom. The Morgan fingerprint density at radius 1 is 0.821 bits per heavy atom. The van der Waals surface area contributed by atoms with Crippen molar-refractivity contribution in [3.05, 3.63) is 40.9 Å². The van der Waals surface area contributed by atoms with Crippen LogP contribution in [-0.4, -0.2) is 41.5 Å². The summed E-state index contributed by atoms with van der Waals surface area (Å²) in [6.45, 7) is 0. The second kappa shape index (κ2) is 9.75. The molecule has 0 aliphatic carbocycles. The van der Waals surface area contributed by atoms with E-state index in [-0.39, 0.29) is 5.91 Å². The molecular weight excluding hydrogens is 386 g/mol. The highest BCUT2D eigenvalue weighted by Crippen LogP contribution is 2.39. The Labute approximate surface area is 168 Å². The highest BCUT2D eigenvalue weighted by molar-refractivity contribution is 6.32. The molecule has 2 aromatic carbocycles. The Balaban J connectivity index is 2.25. The van der Waals surface area contributed by atoms with E-state index in [1.165, 1.54) is 41.6 Å². The number of ether oxygens (including phenoxy) is 5. The van der Waals surface area contributed by atoms with Gasteiger partial charge in [0.1, 0.15) is 11.5 Å². The van der Waals surface area contributed by atoms with E-state index < -0.39 is 0 Å². The Morgan fingerprint density at radius 2 is 1.39 bits per heavy atom. The molecule has 0 radical (unpaired) electrons. The molecular formula is C20H22ClNO6. The fourth-order valence-corrected chi connectivity index (χ4v) is 2.73. The molecule has 0 unspecified atom stereocenters. The first-order valence-electron chi connectivity index (χ1n) is 8.18. The fraction of sp³-hybridized carbons (Fsp3) is 0.250. The normalized spacial score (nSPS) is 10.5. The van der Waals surface area contributed by atoms with Gasteiger partial charge < -0.3 is 29.0 Å².